The first-order valence-corrected chi connectivity index (χ1v) is 13.9. The summed E-state index contributed by atoms with van der Waals surface area (Å²) in [6.07, 6.45) is -2.84. The molecule has 0 aliphatic carbocycles. The number of benzene rings is 3. The predicted molar refractivity (Wildman–Crippen MR) is 158 cm³/mol. The van der Waals surface area contributed by atoms with E-state index in [1.165, 1.54) is 24.4 Å². The largest absolute Gasteiger partial charge is 0.436 e. The van der Waals surface area contributed by atoms with Crippen molar-refractivity contribution in [2.75, 3.05) is 41.8 Å². The predicted octanol–water partition coefficient (Wildman–Crippen LogP) is 6.58. The van der Waals surface area contributed by atoms with Gasteiger partial charge in [0.2, 0.25) is 11.8 Å². The van der Waals surface area contributed by atoms with Gasteiger partial charge in [-0.1, -0.05) is 0 Å². The van der Waals surface area contributed by atoms with Crippen LogP contribution in [0.25, 0.3) is 5.69 Å². The average Bonchev–Trinajstić information content (AvgIpc) is 3.50. The maximum atomic E-state index is 15.0. The number of carbonyl (C=O) groups excluding carboxylic acids is 1. The van der Waals surface area contributed by atoms with Gasteiger partial charge in [0.25, 0.3) is 5.91 Å². The fraction of sp³-hybridized carbons (Fsp3) is 0.161. The molecule has 6 rings (SSSR count). The first kappa shape index (κ1) is 30.5. The van der Waals surface area contributed by atoms with E-state index in [9.17, 15) is 26.7 Å². The van der Waals surface area contributed by atoms with Crippen molar-refractivity contribution in [3.05, 3.63) is 108 Å². The minimum atomic E-state index is -4.99. The van der Waals surface area contributed by atoms with Crippen LogP contribution in [0, 0.1) is 11.6 Å². The zero-order valence-electron chi connectivity index (χ0n) is 23.8. The highest BCUT2D eigenvalue weighted by atomic mass is 19.4. The number of nitrogens with zero attached hydrogens (tertiary/aromatic N) is 5. The number of rotatable bonds is 8. The highest BCUT2D eigenvalue weighted by Crippen LogP contribution is 2.34. The van der Waals surface area contributed by atoms with Crippen molar-refractivity contribution in [2.24, 2.45) is 0 Å². The molecule has 0 saturated carbocycles. The smallest absolute Gasteiger partial charge is 0.434 e. The first-order valence-electron chi connectivity index (χ1n) is 13.9. The molecule has 0 atom stereocenters. The molecule has 1 saturated heterocycles. The Hall–Kier alpha value is -5.57. The number of hydrogen-bond acceptors (Lipinski definition) is 8. The summed E-state index contributed by atoms with van der Waals surface area (Å²) in [5.41, 5.74) is -0.652. The molecule has 1 aliphatic rings. The van der Waals surface area contributed by atoms with Crippen LogP contribution in [0.2, 0.25) is 0 Å². The van der Waals surface area contributed by atoms with Crippen LogP contribution >= 0.6 is 0 Å². The summed E-state index contributed by atoms with van der Waals surface area (Å²) < 4.78 is 81.6. The molecule has 0 bridgehead atoms. The molecular weight excluding hydrogens is 613 g/mol. The molecule has 1 amide bonds. The minimum Gasteiger partial charge on any atom is -0.436 e. The molecule has 3 aromatic carbocycles. The molecule has 236 valence electrons. The first-order chi connectivity index (χ1) is 22.1. The number of carbonyl (C=O) groups is 1. The van der Waals surface area contributed by atoms with E-state index in [-0.39, 0.29) is 29.0 Å². The number of aromatic nitrogens is 4. The fourth-order valence-corrected chi connectivity index (χ4v) is 4.70. The van der Waals surface area contributed by atoms with E-state index >= 15 is 0 Å². The Labute approximate surface area is 258 Å². The zero-order chi connectivity index (χ0) is 32.3. The second kappa shape index (κ2) is 12.8. The molecule has 46 heavy (non-hydrogen) atoms. The molecular formula is C31H24F5N7O3. The number of nitrogens with one attached hydrogen (secondary N) is 2. The molecule has 0 unspecified atom stereocenters. The SMILES string of the molecule is O=C(Nc1ccc(Oc2ccnc(Nc3ccc(N4CCOCC4)cc3)n2)c(F)c1)c1cnn(-c2ccc(F)cc2)c1C(F)(F)F. The van der Waals surface area contributed by atoms with Gasteiger partial charge in [-0.3, -0.25) is 4.79 Å². The van der Waals surface area contributed by atoms with Crippen LogP contribution in [-0.2, 0) is 10.9 Å². The van der Waals surface area contributed by atoms with E-state index in [0.29, 0.717) is 17.9 Å². The van der Waals surface area contributed by atoms with E-state index in [1.807, 2.05) is 24.3 Å². The van der Waals surface area contributed by atoms with Crippen LogP contribution in [0.1, 0.15) is 16.1 Å². The van der Waals surface area contributed by atoms with Crippen LogP contribution in [0.15, 0.2) is 85.2 Å². The van der Waals surface area contributed by atoms with E-state index in [1.54, 1.807) is 0 Å². The van der Waals surface area contributed by atoms with Gasteiger partial charge in [-0.05, 0) is 60.7 Å². The number of alkyl halides is 3. The molecule has 0 radical (unpaired) electrons. The second-order valence-corrected chi connectivity index (χ2v) is 9.98. The van der Waals surface area contributed by atoms with E-state index < -0.39 is 35.0 Å². The lowest BCUT2D eigenvalue weighted by atomic mass is 10.2. The third kappa shape index (κ3) is 6.89. The van der Waals surface area contributed by atoms with Crippen molar-refractivity contribution in [3.63, 3.8) is 0 Å². The molecule has 5 aromatic rings. The summed E-state index contributed by atoms with van der Waals surface area (Å²) in [6.45, 7) is 2.97. The molecule has 10 nitrogen and oxygen atoms in total. The van der Waals surface area contributed by atoms with Gasteiger partial charge in [-0.15, -0.1) is 0 Å². The van der Waals surface area contributed by atoms with Gasteiger partial charge >= 0.3 is 6.18 Å². The Morgan fingerprint density at radius 3 is 2.28 bits per heavy atom. The number of anilines is 4. The summed E-state index contributed by atoms with van der Waals surface area (Å²) >= 11 is 0. The molecule has 0 spiro atoms. The Balaban J connectivity index is 1.13. The van der Waals surface area contributed by atoms with Gasteiger partial charge in [-0.25, -0.2) is 18.4 Å². The maximum absolute atomic E-state index is 15.0. The quantitative estimate of drug-likeness (QED) is 0.184. The summed E-state index contributed by atoms with van der Waals surface area (Å²) in [6, 6.07) is 16.5. The zero-order valence-corrected chi connectivity index (χ0v) is 23.8. The number of morpholine rings is 1. The van der Waals surface area contributed by atoms with Crippen molar-refractivity contribution in [3.8, 4) is 17.3 Å². The Kier molecular flexibility index (Phi) is 8.48. The molecule has 1 fully saturated rings. The van der Waals surface area contributed by atoms with E-state index in [2.05, 4.69) is 30.6 Å². The lowest BCUT2D eigenvalue weighted by molar-refractivity contribution is -0.143. The monoisotopic (exact) mass is 637 g/mol. The van der Waals surface area contributed by atoms with Crippen molar-refractivity contribution >= 4 is 28.9 Å². The van der Waals surface area contributed by atoms with Crippen LogP contribution in [0.4, 0.5) is 45.0 Å². The summed E-state index contributed by atoms with van der Waals surface area (Å²) in [5.74, 6) is -2.79. The van der Waals surface area contributed by atoms with Gasteiger partial charge in [0.1, 0.15) is 5.82 Å². The van der Waals surface area contributed by atoms with Crippen LogP contribution in [0.3, 0.4) is 0 Å². The topological polar surface area (TPSA) is 106 Å². The lowest BCUT2D eigenvalue weighted by Crippen LogP contribution is -2.36. The van der Waals surface area contributed by atoms with Gasteiger partial charge in [0.05, 0.1) is 30.7 Å². The third-order valence-electron chi connectivity index (χ3n) is 6.89. The number of amides is 1. The highest BCUT2D eigenvalue weighted by Gasteiger charge is 2.40. The Bertz CT molecular complexity index is 1840. The molecule has 2 N–H and O–H groups in total. The number of hydrogen-bond donors (Lipinski definition) is 2. The van der Waals surface area contributed by atoms with E-state index in [0.717, 1.165) is 61.0 Å². The summed E-state index contributed by atoms with van der Waals surface area (Å²) in [7, 11) is 0. The van der Waals surface area contributed by atoms with Crippen LogP contribution in [-0.4, -0.2) is 52.0 Å². The molecule has 1 aliphatic heterocycles. The Morgan fingerprint density at radius 2 is 1.59 bits per heavy atom. The lowest BCUT2D eigenvalue weighted by Gasteiger charge is -2.28. The van der Waals surface area contributed by atoms with Gasteiger partial charge in [-0.2, -0.15) is 23.3 Å². The summed E-state index contributed by atoms with van der Waals surface area (Å²) in [5, 5.41) is 8.98. The molecule has 3 heterocycles. The second-order valence-electron chi connectivity index (χ2n) is 9.98. The van der Waals surface area contributed by atoms with E-state index in [4.69, 9.17) is 9.47 Å². The van der Waals surface area contributed by atoms with Crippen molar-refractivity contribution < 1.29 is 36.2 Å². The standard InChI is InChI=1S/C31H24F5N7O3/c32-19-1-6-23(7-2-19)43-28(31(34,35)36)24(18-38-43)29(44)39-21-5-10-26(25(33)17-21)46-27-11-12-37-30(41-27)40-20-3-8-22(9-4-20)42-13-15-45-16-14-42/h1-12,17-18H,13-16H2,(H,39,44)(H,37,40,41). The fourth-order valence-electron chi connectivity index (χ4n) is 4.70. The van der Waals surface area contributed by atoms with Crippen molar-refractivity contribution in [1.29, 1.82) is 0 Å². The van der Waals surface area contributed by atoms with Gasteiger partial charge in [0, 0.05) is 48.5 Å². The van der Waals surface area contributed by atoms with Gasteiger partial charge < -0.3 is 25.0 Å². The number of ether oxygens (including phenoxy) is 2. The maximum Gasteiger partial charge on any atom is 0.434 e. The highest BCUT2D eigenvalue weighted by molar-refractivity contribution is 6.05. The number of halogens is 5. The van der Waals surface area contributed by atoms with Crippen molar-refractivity contribution in [1.82, 2.24) is 19.7 Å². The minimum absolute atomic E-state index is 0.0150. The van der Waals surface area contributed by atoms with Gasteiger partial charge in [0.15, 0.2) is 17.3 Å². The van der Waals surface area contributed by atoms with Crippen LogP contribution < -0.4 is 20.3 Å². The molecule has 15 heteroatoms. The molecule has 2 aromatic heterocycles. The Morgan fingerprint density at radius 1 is 0.891 bits per heavy atom. The summed E-state index contributed by atoms with van der Waals surface area (Å²) in [4.78, 5) is 23.5. The third-order valence-corrected chi connectivity index (χ3v) is 6.89. The normalized spacial score (nSPS) is 13.4. The van der Waals surface area contributed by atoms with Crippen LogP contribution in [0.5, 0.6) is 11.6 Å². The van der Waals surface area contributed by atoms with Crippen molar-refractivity contribution in [2.45, 2.75) is 6.18 Å². The average molecular weight is 638 g/mol.